The van der Waals surface area contributed by atoms with Gasteiger partial charge in [-0.15, -0.1) is 0 Å². The number of ether oxygens (including phenoxy) is 1. The Balaban J connectivity index is 1.42. The van der Waals surface area contributed by atoms with Crippen LogP contribution < -0.4 is 10.1 Å². The van der Waals surface area contributed by atoms with Crippen LogP contribution in [0.1, 0.15) is 28.8 Å². The van der Waals surface area contributed by atoms with E-state index in [0.29, 0.717) is 36.6 Å². The standard InChI is InChI=1S/C23H24N4O3/c1-2-21(28)27-10-8-17(9-11-27)30-18-12-19-20(15-25-22(19)24-14-18)23(29)26-13-16-6-4-3-5-7-16/h2-7,12,14-15,17H,1,8-11,13H2,(H,24,25)(H,26,29). The molecule has 2 aromatic heterocycles. The van der Waals surface area contributed by atoms with E-state index >= 15 is 0 Å². The monoisotopic (exact) mass is 404 g/mol. The molecule has 0 unspecified atom stereocenters. The average molecular weight is 404 g/mol. The van der Waals surface area contributed by atoms with E-state index in [9.17, 15) is 9.59 Å². The number of carbonyl (C=O) groups is 2. The highest BCUT2D eigenvalue weighted by Crippen LogP contribution is 2.24. The lowest BCUT2D eigenvalue weighted by molar-refractivity contribution is -0.127. The first-order chi connectivity index (χ1) is 14.6. The summed E-state index contributed by atoms with van der Waals surface area (Å²) >= 11 is 0. The van der Waals surface area contributed by atoms with Crippen molar-refractivity contribution in [2.45, 2.75) is 25.5 Å². The molecule has 0 radical (unpaired) electrons. The number of nitrogens with one attached hydrogen (secondary N) is 2. The molecule has 0 saturated carbocycles. The number of amides is 2. The summed E-state index contributed by atoms with van der Waals surface area (Å²) in [4.78, 5) is 33.6. The maximum atomic E-state index is 12.7. The van der Waals surface area contributed by atoms with E-state index in [0.717, 1.165) is 23.8 Å². The van der Waals surface area contributed by atoms with Crippen LogP contribution >= 0.6 is 0 Å². The molecular formula is C23H24N4O3. The Hall–Kier alpha value is -3.61. The molecule has 0 atom stereocenters. The van der Waals surface area contributed by atoms with Gasteiger partial charge in [-0.2, -0.15) is 0 Å². The highest BCUT2D eigenvalue weighted by Gasteiger charge is 2.23. The number of piperidine rings is 1. The zero-order valence-corrected chi connectivity index (χ0v) is 16.6. The van der Waals surface area contributed by atoms with Crippen molar-refractivity contribution in [1.82, 2.24) is 20.2 Å². The molecule has 1 fully saturated rings. The van der Waals surface area contributed by atoms with Crippen molar-refractivity contribution in [3.05, 3.63) is 72.6 Å². The van der Waals surface area contributed by atoms with Crippen LogP contribution in [0.4, 0.5) is 0 Å². The normalized spacial score (nSPS) is 14.5. The number of hydrogen-bond donors (Lipinski definition) is 2. The number of fused-ring (bicyclic) bond motifs is 1. The summed E-state index contributed by atoms with van der Waals surface area (Å²) < 4.78 is 6.09. The third-order valence-electron chi connectivity index (χ3n) is 5.28. The molecule has 30 heavy (non-hydrogen) atoms. The second kappa shape index (κ2) is 8.82. The number of H-pyrrole nitrogens is 1. The Morgan fingerprint density at radius 2 is 2.03 bits per heavy atom. The van der Waals surface area contributed by atoms with Gasteiger partial charge >= 0.3 is 0 Å². The molecule has 1 aliphatic heterocycles. The van der Waals surface area contributed by atoms with Crippen LogP contribution in [0, 0.1) is 0 Å². The van der Waals surface area contributed by atoms with E-state index in [4.69, 9.17) is 4.74 Å². The van der Waals surface area contributed by atoms with E-state index in [1.807, 2.05) is 36.4 Å². The summed E-state index contributed by atoms with van der Waals surface area (Å²) in [7, 11) is 0. The van der Waals surface area contributed by atoms with Crippen LogP contribution in [0.5, 0.6) is 5.75 Å². The minimum absolute atomic E-state index is 0.00687. The second-order valence-electron chi connectivity index (χ2n) is 7.28. The molecule has 2 N–H and O–H groups in total. The Kier molecular flexibility index (Phi) is 5.79. The summed E-state index contributed by atoms with van der Waals surface area (Å²) in [5.74, 6) is 0.406. The van der Waals surface area contributed by atoms with Crippen molar-refractivity contribution >= 4 is 22.8 Å². The van der Waals surface area contributed by atoms with Crippen LogP contribution in [0.25, 0.3) is 11.0 Å². The molecule has 1 saturated heterocycles. The Bertz CT molecular complexity index is 1050. The second-order valence-corrected chi connectivity index (χ2v) is 7.28. The van der Waals surface area contributed by atoms with Gasteiger partial charge in [0.2, 0.25) is 5.91 Å². The first-order valence-corrected chi connectivity index (χ1v) is 10.0. The maximum Gasteiger partial charge on any atom is 0.253 e. The molecular weight excluding hydrogens is 380 g/mol. The van der Waals surface area contributed by atoms with Crippen molar-refractivity contribution in [1.29, 1.82) is 0 Å². The van der Waals surface area contributed by atoms with Crippen molar-refractivity contribution in [2.24, 2.45) is 0 Å². The van der Waals surface area contributed by atoms with Gasteiger partial charge in [-0.1, -0.05) is 36.9 Å². The zero-order chi connectivity index (χ0) is 20.9. The van der Waals surface area contributed by atoms with Gasteiger partial charge in [0, 0.05) is 44.1 Å². The zero-order valence-electron chi connectivity index (χ0n) is 16.6. The van der Waals surface area contributed by atoms with Gasteiger partial charge < -0.3 is 19.9 Å². The predicted molar refractivity (Wildman–Crippen MR) is 114 cm³/mol. The van der Waals surface area contributed by atoms with Crippen molar-refractivity contribution in [3.8, 4) is 5.75 Å². The Morgan fingerprint density at radius 3 is 2.77 bits per heavy atom. The van der Waals surface area contributed by atoms with Gasteiger partial charge in [0.15, 0.2) is 0 Å². The average Bonchev–Trinajstić information content (AvgIpc) is 3.21. The molecule has 7 heteroatoms. The number of carbonyl (C=O) groups excluding carboxylic acids is 2. The predicted octanol–water partition coefficient (Wildman–Crippen LogP) is 3.05. The van der Waals surface area contributed by atoms with Gasteiger partial charge in [-0.05, 0) is 17.7 Å². The third kappa shape index (κ3) is 4.35. The van der Waals surface area contributed by atoms with Gasteiger partial charge in [-0.25, -0.2) is 4.98 Å². The van der Waals surface area contributed by atoms with Gasteiger partial charge in [0.1, 0.15) is 17.5 Å². The lowest BCUT2D eigenvalue weighted by Crippen LogP contribution is -2.41. The fourth-order valence-corrected chi connectivity index (χ4v) is 3.63. The molecule has 0 aliphatic carbocycles. The van der Waals surface area contributed by atoms with Gasteiger partial charge in [0.05, 0.1) is 11.8 Å². The fourth-order valence-electron chi connectivity index (χ4n) is 3.63. The Labute approximate surface area is 174 Å². The lowest BCUT2D eigenvalue weighted by atomic mass is 10.1. The number of pyridine rings is 1. The van der Waals surface area contributed by atoms with E-state index in [2.05, 4.69) is 21.9 Å². The molecule has 1 aromatic carbocycles. The maximum absolute atomic E-state index is 12.7. The van der Waals surface area contributed by atoms with Crippen LogP contribution in [0.3, 0.4) is 0 Å². The summed E-state index contributed by atoms with van der Waals surface area (Å²) in [6.45, 7) is 5.27. The number of aromatic amines is 1. The Morgan fingerprint density at radius 1 is 1.27 bits per heavy atom. The van der Waals surface area contributed by atoms with E-state index < -0.39 is 0 Å². The molecule has 3 heterocycles. The SMILES string of the molecule is C=CC(=O)N1CCC(Oc2cnc3[nH]cc(C(=O)NCc4ccccc4)c3c2)CC1. The lowest BCUT2D eigenvalue weighted by Gasteiger charge is -2.31. The van der Waals surface area contributed by atoms with Crippen LogP contribution in [-0.2, 0) is 11.3 Å². The molecule has 0 spiro atoms. The van der Waals surface area contributed by atoms with E-state index in [-0.39, 0.29) is 17.9 Å². The molecule has 154 valence electrons. The number of rotatable bonds is 6. The number of likely N-dealkylation sites (tertiary alicyclic amines) is 1. The topological polar surface area (TPSA) is 87.3 Å². The van der Waals surface area contributed by atoms with Crippen LogP contribution in [0.15, 0.2) is 61.4 Å². The molecule has 0 bridgehead atoms. The first-order valence-electron chi connectivity index (χ1n) is 10.0. The fraction of sp³-hybridized carbons (Fsp3) is 0.261. The first kappa shape index (κ1) is 19.7. The molecule has 3 aromatic rings. The number of aromatic nitrogens is 2. The quantitative estimate of drug-likeness (QED) is 0.618. The summed E-state index contributed by atoms with van der Waals surface area (Å²) in [5, 5.41) is 3.66. The van der Waals surface area contributed by atoms with Gasteiger partial charge in [-0.3, -0.25) is 9.59 Å². The molecule has 1 aliphatic rings. The summed E-state index contributed by atoms with van der Waals surface area (Å²) in [6.07, 6.45) is 6.17. The van der Waals surface area contributed by atoms with Crippen LogP contribution in [0.2, 0.25) is 0 Å². The third-order valence-corrected chi connectivity index (χ3v) is 5.28. The van der Waals surface area contributed by atoms with E-state index in [1.54, 1.807) is 17.3 Å². The smallest absolute Gasteiger partial charge is 0.253 e. The van der Waals surface area contributed by atoms with Gasteiger partial charge in [0.25, 0.3) is 5.91 Å². The van der Waals surface area contributed by atoms with Crippen molar-refractivity contribution in [3.63, 3.8) is 0 Å². The van der Waals surface area contributed by atoms with E-state index in [1.165, 1.54) is 6.08 Å². The van der Waals surface area contributed by atoms with Crippen molar-refractivity contribution in [2.75, 3.05) is 13.1 Å². The number of nitrogens with zero attached hydrogens (tertiary/aromatic N) is 2. The highest BCUT2D eigenvalue weighted by atomic mass is 16.5. The largest absolute Gasteiger partial charge is 0.489 e. The molecule has 7 nitrogen and oxygen atoms in total. The molecule has 4 rings (SSSR count). The van der Waals surface area contributed by atoms with Crippen LogP contribution in [-0.4, -0.2) is 45.9 Å². The minimum Gasteiger partial charge on any atom is -0.489 e. The minimum atomic E-state index is -0.166. The summed E-state index contributed by atoms with van der Waals surface area (Å²) in [6, 6.07) is 11.6. The number of benzene rings is 1. The highest BCUT2D eigenvalue weighted by molar-refractivity contribution is 6.06. The number of hydrogen-bond acceptors (Lipinski definition) is 4. The van der Waals surface area contributed by atoms with Crippen molar-refractivity contribution < 1.29 is 14.3 Å². The summed E-state index contributed by atoms with van der Waals surface area (Å²) in [5.41, 5.74) is 2.21. The molecule has 2 amide bonds.